The zero-order valence-corrected chi connectivity index (χ0v) is 19.9. The van der Waals surface area contributed by atoms with Crippen LogP contribution in [-0.4, -0.2) is 38.5 Å². The van der Waals surface area contributed by atoms with Crippen molar-refractivity contribution in [3.63, 3.8) is 0 Å². The topological polar surface area (TPSA) is 85.7 Å². The molecule has 3 aromatic carbocycles. The van der Waals surface area contributed by atoms with Crippen LogP contribution in [0.1, 0.15) is 26.3 Å². The highest BCUT2D eigenvalue weighted by molar-refractivity contribution is 7.92. The number of benzene rings is 3. The maximum Gasteiger partial charge on any atom is 0.340 e. The summed E-state index contributed by atoms with van der Waals surface area (Å²) in [5.41, 5.74) is 2.97. The van der Waals surface area contributed by atoms with Gasteiger partial charge in [-0.15, -0.1) is 0 Å². The Labute approximate surface area is 198 Å². The average molecular weight is 477 g/mol. The number of para-hydroxylation sites is 1. The van der Waals surface area contributed by atoms with Crippen molar-refractivity contribution < 1.29 is 22.7 Å². The van der Waals surface area contributed by atoms with Crippen LogP contribution >= 0.6 is 0 Å². The van der Waals surface area contributed by atoms with Crippen molar-refractivity contribution in [3.05, 3.63) is 95.7 Å². The van der Waals surface area contributed by atoms with E-state index in [-0.39, 0.29) is 10.5 Å². The second-order valence-corrected chi connectivity index (χ2v) is 9.84. The van der Waals surface area contributed by atoms with Crippen LogP contribution in [0, 0.1) is 13.8 Å². The van der Waals surface area contributed by atoms with E-state index in [9.17, 15) is 18.0 Å². The molecule has 0 atom stereocenters. The number of rotatable bonds is 6. The van der Waals surface area contributed by atoms with Crippen LogP contribution in [0.4, 0.5) is 5.69 Å². The summed E-state index contributed by atoms with van der Waals surface area (Å²) in [6, 6.07) is 20.3. The van der Waals surface area contributed by atoms with Gasteiger partial charge in [0.05, 0.1) is 28.8 Å². The first-order valence-corrected chi connectivity index (χ1v) is 12.0. The van der Waals surface area contributed by atoms with Gasteiger partial charge in [0.15, 0.2) is 0 Å². The van der Waals surface area contributed by atoms with Crippen LogP contribution in [0.25, 0.3) is 10.9 Å². The van der Waals surface area contributed by atoms with Crippen LogP contribution in [0.3, 0.4) is 0 Å². The molecule has 0 aliphatic heterocycles. The number of carbonyl (C=O) groups excluding carboxylic acids is 2. The van der Waals surface area contributed by atoms with Gasteiger partial charge in [-0.3, -0.25) is 13.7 Å². The highest BCUT2D eigenvalue weighted by atomic mass is 32.2. The molecule has 0 saturated carbocycles. The molecule has 0 N–H and O–H groups in total. The molecule has 1 aromatic heterocycles. The molecule has 0 aliphatic carbocycles. The minimum atomic E-state index is -4.05. The van der Waals surface area contributed by atoms with Gasteiger partial charge >= 0.3 is 5.97 Å². The fraction of sp³-hybridized carbons (Fsp3) is 0.154. The van der Waals surface area contributed by atoms with Crippen LogP contribution in [0.2, 0.25) is 0 Å². The number of sulfonamides is 1. The number of hydrogen-bond acceptors (Lipinski definition) is 5. The Bertz CT molecular complexity index is 1470. The second-order valence-electron chi connectivity index (χ2n) is 7.98. The van der Waals surface area contributed by atoms with Gasteiger partial charge in [0.1, 0.15) is 6.54 Å². The molecule has 0 unspecified atom stereocenters. The third kappa shape index (κ3) is 4.32. The molecule has 4 rings (SSSR count). The monoisotopic (exact) mass is 476 g/mol. The van der Waals surface area contributed by atoms with E-state index in [0.29, 0.717) is 16.6 Å². The SMILES string of the molecule is COC(=O)c1cn(C(=O)CN(c2ccc(C)cc2)S(=O)(=O)c2ccc(C)cc2)c2ccccc12. The molecule has 0 fully saturated rings. The van der Waals surface area contributed by atoms with Crippen LogP contribution in [0.5, 0.6) is 0 Å². The molecule has 8 heteroatoms. The van der Waals surface area contributed by atoms with Gasteiger partial charge in [-0.05, 0) is 44.2 Å². The second kappa shape index (κ2) is 9.15. The molecule has 174 valence electrons. The molecule has 0 amide bonds. The van der Waals surface area contributed by atoms with E-state index in [2.05, 4.69) is 0 Å². The Morgan fingerprint density at radius 1 is 0.882 bits per heavy atom. The van der Waals surface area contributed by atoms with E-state index < -0.39 is 28.4 Å². The lowest BCUT2D eigenvalue weighted by atomic mass is 10.2. The van der Waals surface area contributed by atoms with E-state index >= 15 is 0 Å². The maximum atomic E-state index is 13.6. The molecular weight excluding hydrogens is 452 g/mol. The summed E-state index contributed by atoms with van der Waals surface area (Å²) in [6.45, 7) is 3.31. The number of aromatic nitrogens is 1. The van der Waals surface area contributed by atoms with Gasteiger partial charge < -0.3 is 4.74 Å². The molecule has 1 heterocycles. The molecule has 0 bridgehead atoms. The summed E-state index contributed by atoms with van der Waals surface area (Å²) < 4.78 is 34.5. The van der Waals surface area contributed by atoms with E-state index in [1.807, 2.05) is 13.8 Å². The third-order valence-electron chi connectivity index (χ3n) is 5.60. The molecule has 7 nitrogen and oxygen atoms in total. The van der Waals surface area contributed by atoms with Crippen molar-refractivity contribution >= 4 is 38.5 Å². The highest BCUT2D eigenvalue weighted by Crippen LogP contribution is 2.26. The van der Waals surface area contributed by atoms with Crippen molar-refractivity contribution in [2.24, 2.45) is 0 Å². The van der Waals surface area contributed by atoms with E-state index in [1.54, 1.807) is 60.7 Å². The zero-order valence-electron chi connectivity index (χ0n) is 19.1. The van der Waals surface area contributed by atoms with Crippen molar-refractivity contribution in [2.75, 3.05) is 18.0 Å². The minimum Gasteiger partial charge on any atom is -0.465 e. The Hall–Kier alpha value is -3.91. The molecule has 0 spiro atoms. The highest BCUT2D eigenvalue weighted by Gasteiger charge is 2.29. The Morgan fingerprint density at radius 3 is 2.09 bits per heavy atom. The predicted octanol–water partition coefficient (Wildman–Crippen LogP) is 4.58. The average Bonchev–Trinajstić information content (AvgIpc) is 3.23. The van der Waals surface area contributed by atoms with Crippen LogP contribution in [0.15, 0.2) is 83.9 Å². The summed E-state index contributed by atoms with van der Waals surface area (Å²) >= 11 is 0. The smallest absolute Gasteiger partial charge is 0.340 e. The van der Waals surface area contributed by atoms with Gasteiger partial charge in [-0.2, -0.15) is 0 Å². The van der Waals surface area contributed by atoms with Gasteiger partial charge in [-0.25, -0.2) is 13.2 Å². The lowest BCUT2D eigenvalue weighted by molar-refractivity contribution is 0.0603. The summed E-state index contributed by atoms with van der Waals surface area (Å²) in [6.07, 6.45) is 1.39. The van der Waals surface area contributed by atoms with Gasteiger partial charge in [0, 0.05) is 11.6 Å². The lowest BCUT2D eigenvalue weighted by Crippen LogP contribution is -2.37. The van der Waals surface area contributed by atoms with E-state index in [4.69, 9.17) is 4.74 Å². The first-order chi connectivity index (χ1) is 16.2. The summed E-state index contributed by atoms with van der Waals surface area (Å²) in [7, 11) is -2.78. The third-order valence-corrected chi connectivity index (χ3v) is 7.38. The predicted molar refractivity (Wildman–Crippen MR) is 131 cm³/mol. The fourth-order valence-corrected chi connectivity index (χ4v) is 5.14. The molecule has 0 saturated heterocycles. The van der Waals surface area contributed by atoms with E-state index in [0.717, 1.165) is 15.4 Å². The lowest BCUT2D eigenvalue weighted by Gasteiger charge is -2.24. The number of hydrogen-bond donors (Lipinski definition) is 0. The summed E-state index contributed by atoms with van der Waals surface area (Å²) in [5.74, 6) is -1.09. The molecule has 0 aliphatic rings. The minimum absolute atomic E-state index is 0.0825. The Kier molecular flexibility index (Phi) is 6.26. The first-order valence-electron chi connectivity index (χ1n) is 10.6. The fourth-order valence-electron chi connectivity index (χ4n) is 3.72. The Balaban J connectivity index is 1.80. The normalized spacial score (nSPS) is 11.4. The van der Waals surface area contributed by atoms with Gasteiger partial charge in [-0.1, -0.05) is 53.6 Å². The van der Waals surface area contributed by atoms with Crippen LogP contribution < -0.4 is 4.31 Å². The summed E-state index contributed by atoms with van der Waals surface area (Å²) in [4.78, 5) is 25.8. The molecular formula is C26H24N2O5S. The first kappa shape index (κ1) is 23.3. The Morgan fingerprint density at radius 2 is 1.47 bits per heavy atom. The number of nitrogens with zero attached hydrogens (tertiary/aromatic N) is 2. The largest absolute Gasteiger partial charge is 0.465 e. The number of ether oxygens (including phenoxy) is 1. The molecule has 34 heavy (non-hydrogen) atoms. The number of carbonyl (C=O) groups is 2. The number of fused-ring (bicyclic) bond motifs is 1. The van der Waals surface area contributed by atoms with Crippen molar-refractivity contribution in [1.82, 2.24) is 4.57 Å². The van der Waals surface area contributed by atoms with Gasteiger partial charge in [0.2, 0.25) is 0 Å². The van der Waals surface area contributed by atoms with E-state index in [1.165, 1.54) is 30.0 Å². The number of esters is 1. The van der Waals surface area contributed by atoms with Crippen molar-refractivity contribution in [1.29, 1.82) is 0 Å². The number of methoxy groups -OCH3 is 1. The molecule has 4 aromatic rings. The van der Waals surface area contributed by atoms with Gasteiger partial charge in [0.25, 0.3) is 15.9 Å². The zero-order chi connectivity index (χ0) is 24.5. The standard InChI is InChI=1S/C26H24N2O5S/c1-18-8-12-20(13-9-18)28(34(31,32)21-14-10-19(2)11-15-21)17-25(29)27-16-23(26(30)33-3)22-6-4-5-7-24(22)27/h4-16H,17H2,1-3H3. The summed E-state index contributed by atoms with van der Waals surface area (Å²) in [5, 5.41) is 0.547. The van der Waals surface area contributed by atoms with Crippen LogP contribution in [-0.2, 0) is 14.8 Å². The molecule has 0 radical (unpaired) electrons. The maximum absolute atomic E-state index is 13.6. The van der Waals surface area contributed by atoms with Crippen molar-refractivity contribution in [2.45, 2.75) is 18.7 Å². The number of anilines is 1. The quantitative estimate of drug-likeness (QED) is 0.380. The number of aryl methyl sites for hydroxylation is 2. The van der Waals surface area contributed by atoms with Crippen molar-refractivity contribution in [3.8, 4) is 0 Å².